The Morgan fingerprint density at radius 2 is 1.80 bits per heavy atom. The molecule has 2 aromatic carbocycles. The van der Waals surface area contributed by atoms with Crippen LogP contribution < -0.4 is 5.32 Å². The summed E-state index contributed by atoms with van der Waals surface area (Å²) in [6.45, 7) is 8.82. The summed E-state index contributed by atoms with van der Waals surface area (Å²) in [5, 5.41) is 3.49. The summed E-state index contributed by atoms with van der Waals surface area (Å²) in [6, 6.07) is 13.7. The van der Waals surface area contributed by atoms with Crippen molar-refractivity contribution in [2.24, 2.45) is 0 Å². The van der Waals surface area contributed by atoms with E-state index in [0.29, 0.717) is 5.92 Å². The molecule has 1 aliphatic heterocycles. The van der Waals surface area contributed by atoms with Crippen LogP contribution in [0.2, 0.25) is 0 Å². The molecule has 0 amide bonds. The van der Waals surface area contributed by atoms with Gasteiger partial charge in [-0.15, -0.1) is 0 Å². The molecular weight excluding hydrogens is 242 g/mol. The Morgan fingerprint density at radius 3 is 2.50 bits per heavy atom. The molecule has 0 bridgehead atoms. The second kappa shape index (κ2) is 5.41. The first-order valence-electron chi connectivity index (χ1n) is 7.54. The lowest BCUT2D eigenvalue weighted by Gasteiger charge is -2.17. The molecule has 20 heavy (non-hydrogen) atoms. The molecule has 1 aliphatic rings. The molecule has 0 saturated carbocycles. The molecule has 1 fully saturated rings. The zero-order valence-corrected chi connectivity index (χ0v) is 12.7. The Balaban J connectivity index is 2.09. The highest BCUT2D eigenvalue weighted by atomic mass is 14.9. The molecule has 1 saturated heterocycles. The fraction of sp³-hybridized carbons (Fsp3) is 0.368. The summed E-state index contributed by atoms with van der Waals surface area (Å²) in [5.74, 6) is 0.659. The third-order valence-electron chi connectivity index (χ3n) is 4.53. The normalized spacial score (nSPS) is 18.4. The van der Waals surface area contributed by atoms with Crippen molar-refractivity contribution in [3.8, 4) is 11.1 Å². The van der Waals surface area contributed by atoms with E-state index >= 15 is 0 Å². The van der Waals surface area contributed by atoms with Crippen LogP contribution in [0.4, 0.5) is 0 Å². The summed E-state index contributed by atoms with van der Waals surface area (Å²) < 4.78 is 0. The average molecular weight is 265 g/mol. The van der Waals surface area contributed by atoms with Crippen LogP contribution in [0.1, 0.15) is 34.6 Å². The van der Waals surface area contributed by atoms with Crippen molar-refractivity contribution < 1.29 is 0 Å². The molecule has 1 N–H and O–H groups in total. The van der Waals surface area contributed by atoms with Crippen LogP contribution in [0.15, 0.2) is 36.4 Å². The van der Waals surface area contributed by atoms with Gasteiger partial charge < -0.3 is 5.32 Å². The topological polar surface area (TPSA) is 12.0 Å². The first-order valence-corrected chi connectivity index (χ1v) is 7.54. The minimum Gasteiger partial charge on any atom is -0.316 e. The fourth-order valence-electron chi connectivity index (χ4n) is 3.11. The summed E-state index contributed by atoms with van der Waals surface area (Å²) in [7, 11) is 0. The van der Waals surface area contributed by atoms with E-state index in [1.54, 1.807) is 0 Å². The zero-order chi connectivity index (χ0) is 14.1. The SMILES string of the molecule is Cc1ccc(-c2ccc(C)c(C)c2)c(C2CCNC2)c1. The van der Waals surface area contributed by atoms with E-state index in [4.69, 9.17) is 0 Å². The van der Waals surface area contributed by atoms with Crippen molar-refractivity contribution in [1.29, 1.82) is 0 Å². The van der Waals surface area contributed by atoms with Crippen LogP contribution in [-0.4, -0.2) is 13.1 Å². The third kappa shape index (κ3) is 2.51. The second-order valence-electron chi connectivity index (χ2n) is 6.08. The first kappa shape index (κ1) is 13.4. The summed E-state index contributed by atoms with van der Waals surface area (Å²) in [6.07, 6.45) is 1.25. The van der Waals surface area contributed by atoms with E-state index in [-0.39, 0.29) is 0 Å². The largest absolute Gasteiger partial charge is 0.316 e. The average Bonchev–Trinajstić information content (AvgIpc) is 2.96. The van der Waals surface area contributed by atoms with Crippen LogP contribution in [0, 0.1) is 20.8 Å². The number of benzene rings is 2. The lowest BCUT2D eigenvalue weighted by atomic mass is 9.88. The lowest BCUT2D eigenvalue weighted by Crippen LogP contribution is -2.08. The van der Waals surface area contributed by atoms with Gasteiger partial charge in [0.15, 0.2) is 0 Å². The molecule has 1 unspecified atom stereocenters. The lowest BCUT2D eigenvalue weighted by molar-refractivity contribution is 0.764. The number of hydrogen-bond donors (Lipinski definition) is 1. The molecule has 1 heteroatoms. The smallest absolute Gasteiger partial charge is 0.00208 e. The summed E-state index contributed by atoms with van der Waals surface area (Å²) in [4.78, 5) is 0. The number of aryl methyl sites for hydroxylation is 3. The fourth-order valence-corrected chi connectivity index (χ4v) is 3.11. The molecule has 0 radical (unpaired) electrons. The Hall–Kier alpha value is -1.60. The minimum absolute atomic E-state index is 0.659. The number of rotatable bonds is 2. The van der Waals surface area contributed by atoms with E-state index in [1.165, 1.54) is 39.8 Å². The highest BCUT2D eigenvalue weighted by Gasteiger charge is 2.20. The van der Waals surface area contributed by atoms with Crippen molar-refractivity contribution in [3.63, 3.8) is 0 Å². The van der Waals surface area contributed by atoms with Crippen LogP contribution in [-0.2, 0) is 0 Å². The maximum Gasteiger partial charge on any atom is 0.00208 e. The van der Waals surface area contributed by atoms with E-state index < -0.39 is 0 Å². The summed E-state index contributed by atoms with van der Waals surface area (Å²) in [5.41, 5.74) is 8.38. The predicted octanol–water partition coefficient (Wildman–Crippen LogP) is 4.36. The highest BCUT2D eigenvalue weighted by molar-refractivity contribution is 5.70. The second-order valence-corrected chi connectivity index (χ2v) is 6.08. The number of nitrogens with one attached hydrogen (secondary N) is 1. The molecule has 3 rings (SSSR count). The van der Waals surface area contributed by atoms with Crippen LogP contribution in [0.5, 0.6) is 0 Å². The maximum atomic E-state index is 3.49. The van der Waals surface area contributed by atoms with Crippen molar-refractivity contribution in [2.75, 3.05) is 13.1 Å². The van der Waals surface area contributed by atoms with Crippen molar-refractivity contribution in [3.05, 3.63) is 58.7 Å². The molecule has 1 atom stereocenters. The van der Waals surface area contributed by atoms with Gasteiger partial charge in [-0.3, -0.25) is 0 Å². The minimum atomic E-state index is 0.659. The van der Waals surface area contributed by atoms with Gasteiger partial charge in [0.25, 0.3) is 0 Å². The monoisotopic (exact) mass is 265 g/mol. The van der Waals surface area contributed by atoms with Gasteiger partial charge in [-0.05, 0) is 67.5 Å². The molecular formula is C19H23N. The van der Waals surface area contributed by atoms with Gasteiger partial charge >= 0.3 is 0 Å². The van der Waals surface area contributed by atoms with E-state index in [0.717, 1.165) is 13.1 Å². The Kier molecular flexibility index (Phi) is 3.62. The van der Waals surface area contributed by atoms with Gasteiger partial charge in [-0.1, -0.05) is 42.0 Å². The van der Waals surface area contributed by atoms with Crippen molar-refractivity contribution in [1.82, 2.24) is 5.32 Å². The van der Waals surface area contributed by atoms with Gasteiger partial charge in [-0.25, -0.2) is 0 Å². The predicted molar refractivity (Wildman–Crippen MR) is 86.3 cm³/mol. The van der Waals surface area contributed by atoms with E-state index in [1.807, 2.05) is 0 Å². The van der Waals surface area contributed by atoms with Crippen LogP contribution in [0.3, 0.4) is 0 Å². The van der Waals surface area contributed by atoms with Crippen molar-refractivity contribution >= 4 is 0 Å². The van der Waals surface area contributed by atoms with Gasteiger partial charge in [-0.2, -0.15) is 0 Å². The number of hydrogen-bond acceptors (Lipinski definition) is 1. The molecule has 0 aromatic heterocycles. The van der Waals surface area contributed by atoms with Crippen molar-refractivity contribution in [2.45, 2.75) is 33.1 Å². The third-order valence-corrected chi connectivity index (χ3v) is 4.53. The standard InChI is InChI=1S/C19H23N/c1-13-4-7-18(16-6-5-14(2)15(3)11-16)19(10-13)17-8-9-20-12-17/h4-7,10-11,17,20H,8-9,12H2,1-3H3. The maximum absolute atomic E-state index is 3.49. The molecule has 104 valence electrons. The van der Waals surface area contributed by atoms with Crippen LogP contribution >= 0.6 is 0 Å². The molecule has 1 nitrogen and oxygen atoms in total. The Bertz CT molecular complexity index is 622. The molecule has 0 aliphatic carbocycles. The molecule has 2 aromatic rings. The first-order chi connectivity index (χ1) is 9.65. The molecule has 0 spiro atoms. The van der Waals surface area contributed by atoms with Gasteiger partial charge in [0, 0.05) is 6.54 Å². The van der Waals surface area contributed by atoms with E-state index in [9.17, 15) is 0 Å². The summed E-state index contributed by atoms with van der Waals surface area (Å²) >= 11 is 0. The Labute approximate surface area is 122 Å². The van der Waals surface area contributed by atoms with Gasteiger partial charge in [0.1, 0.15) is 0 Å². The highest BCUT2D eigenvalue weighted by Crippen LogP contribution is 2.34. The van der Waals surface area contributed by atoms with Gasteiger partial charge in [0.05, 0.1) is 0 Å². The zero-order valence-electron chi connectivity index (χ0n) is 12.7. The van der Waals surface area contributed by atoms with Gasteiger partial charge in [0.2, 0.25) is 0 Å². The van der Waals surface area contributed by atoms with E-state index in [2.05, 4.69) is 62.5 Å². The Morgan fingerprint density at radius 1 is 0.950 bits per heavy atom. The quantitative estimate of drug-likeness (QED) is 0.851. The van der Waals surface area contributed by atoms with Crippen LogP contribution in [0.25, 0.3) is 11.1 Å². The molecule has 1 heterocycles.